The first-order chi connectivity index (χ1) is 7.89. The van der Waals surface area contributed by atoms with Crippen molar-refractivity contribution in [3.63, 3.8) is 0 Å². The van der Waals surface area contributed by atoms with Crippen molar-refractivity contribution in [2.45, 2.75) is 31.0 Å². The molecular weight excluding hydrogens is 255 g/mol. The minimum atomic E-state index is -4.61. The van der Waals surface area contributed by atoms with Crippen LogP contribution in [0.5, 0.6) is 0 Å². The maximum Gasteiger partial charge on any atom is 0.416 e. The van der Waals surface area contributed by atoms with Gasteiger partial charge in [0.25, 0.3) is 0 Å². The standard InChI is InChI=1S/C9H12F3N3OS/c10-9(11,12)5(16)3-14-8-6(4-1-2-4)7(13)15-17-8/h4-5,14,16H,1-3H2,(H2,13,15). The van der Waals surface area contributed by atoms with E-state index in [4.69, 9.17) is 10.8 Å². The fourth-order valence-electron chi connectivity index (χ4n) is 1.51. The third-order valence-corrected chi connectivity index (χ3v) is 3.41. The van der Waals surface area contributed by atoms with Crippen LogP contribution in [0.2, 0.25) is 0 Å². The highest BCUT2D eigenvalue weighted by Crippen LogP contribution is 2.47. The molecule has 1 atom stereocenters. The Labute approximate surface area is 99.8 Å². The van der Waals surface area contributed by atoms with E-state index < -0.39 is 18.8 Å². The molecule has 0 amide bonds. The highest BCUT2D eigenvalue weighted by Gasteiger charge is 2.38. The lowest BCUT2D eigenvalue weighted by Crippen LogP contribution is -2.35. The Morgan fingerprint density at radius 3 is 2.71 bits per heavy atom. The van der Waals surface area contributed by atoms with Crippen LogP contribution in [0.25, 0.3) is 0 Å². The van der Waals surface area contributed by atoms with Gasteiger partial charge in [0, 0.05) is 5.56 Å². The molecule has 0 aliphatic heterocycles. The molecule has 1 aliphatic carbocycles. The molecule has 2 rings (SSSR count). The number of hydrogen-bond acceptors (Lipinski definition) is 5. The largest absolute Gasteiger partial charge is 0.416 e. The van der Waals surface area contributed by atoms with Gasteiger partial charge in [-0.25, -0.2) is 0 Å². The maximum absolute atomic E-state index is 12.1. The molecule has 1 aromatic heterocycles. The summed E-state index contributed by atoms with van der Waals surface area (Å²) in [5.74, 6) is 0.681. The number of aromatic nitrogens is 1. The van der Waals surface area contributed by atoms with Crippen LogP contribution in [0.15, 0.2) is 0 Å². The third kappa shape index (κ3) is 2.81. The number of halogens is 3. The molecular formula is C9H12F3N3OS. The van der Waals surface area contributed by atoms with Crippen molar-refractivity contribution in [2.24, 2.45) is 0 Å². The van der Waals surface area contributed by atoms with Gasteiger partial charge in [-0.15, -0.1) is 0 Å². The van der Waals surface area contributed by atoms with Crippen molar-refractivity contribution in [1.29, 1.82) is 0 Å². The van der Waals surface area contributed by atoms with Crippen LogP contribution in [0.1, 0.15) is 24.3 Å². The molecule has 17 heavy (non-hydrogen) atoms. The van der Waals surface area contributed by atoms with E-state index in [0.29, 0.717) is 16.7 Å². The van der Waals surface area contributed by atoms with Crippen LogP contribution in [0, 0.1) is 0 Å². The molecule has 1 fully saturated rings. The predicted molar refractivity (Wildman–Crippen MR) is 59.1 cm³/mol. The Bertz CT molecular complexity index is 403. The van der Waals surface area contributed by atoms with Gasteiger partial charge in [0.1, 0.15) is 10.8 Å². The molecule has 1 unspecified atom stereocenters. The molecule has 8 heteroatoms. The molecule has 0 radical (unpaired) electrons. The number of alkyl halides is 3. The summed E-state index contributed by atoms with van der Waals surface area (Å²) in [6, 6.07) is 0. The van der Waals surface area contributed by atoms with E-state index in [2.05, 4.69) is 9.69 Å². The number of rotatable bonds is 4. The fraction of sp³-hybridized carbons (Fsp3) is 0.667. The van der Waals surface area contributed by atoms with E-state index >= 15 is 0 Å². The van der Waals surface area contributed by atoms with E-state index in [0.717, 1.165) is 29.9 Å². The van der Waals surface area contributed by atoms with Crippen molar-refractivity contribution in [3.05, 3.63) is 5.56 Å². The van der Waals surface area contributed by atoms with E-state index in [-0.39, 0.29) is 0 Å². The monoisotopic (exact) mass is 267 g/mol. The SMILES string of the molecule is Nc1nsc(NCC(O)C(F)(F)F)c1C1CC1. The van der Waals surface area contributed by atoms with Gasteiger partial charge in [0.15, 0.2) is 6.10 Å². The summed E-state index contributed by atoms with van der Waals surface area (Å²) in [5.41, 5.74) is 6.44. The molecule has 0 bridgehead atoms. The van der Waals surface area contributed by atoms with Gasteiger partial charge < -0.3 is 16.2 Å². The van der Waals surface area contributed by atoms with E-state index in [1.165, 1.54) is 0 Å². The molecule has 1 aliphatic rings. The van der Waals surface area contributed by atoms with Gasteiger partial charge >= 0.3 is 6.18 Å². The molecule has 0 saturated heterocycles. The second kappa shape index (κ2) is 4.34. The fourth-order valence-corrected chi connectivity index (χ4v) is 2.31. The zero-order valence-electron chi connectivity index (χ0n) is 8.79. The normalized spacial score (nSPS) is 18.1. The average Bonchev–Trinajstić information content (AvgIpc) is 2.99. The summed E-state index contributed by atoms with van der Waals surface area (Å²) in [5, 5.41) is 12.0. The Morgan fingerprint density at radius 2 is 2.18 bits per heavy atom. The van der Waals surface area contributed by atoms with Gasteiger partial charge in [-0.1, -0.05) is 0 Å². The average molecular weight is 267 g/mol. The molecule has 0 aromatic carbocycles. The minimum Gasteiger partial charge on any atom is -0.383 e. The first-order valence-electron chi connectivity index (χ1n) is 5.13. The van der Waals surface area contributed by atoms with Crippen LogP contribution >= 0.6 is 11.5 Å². The van der Waals surface area contributed by atoms with Gasteiger partial charge in [0.05, 0.1) is 6.54 Å². The molecule has 1 aromatic rings. The Kier molecular flexibility index (Phi) is 3.17. The number of aliphatic hydroxyl groups excluding tert-OH is 1. The van der Waals surface area contributed by atoms with Crippen LogP contribution in [-0.4, -0.2) is 28.3 Å². The van der Waals surface area contributed by atoms with Crippen LogP contribution < -0.4 is 11.1 Å². The number of anilines is 2. The lowest BCUT2D eigenvalue weighted by Gasteiger charge is -2.15. The summed E-state index contributed by atoms with van der Waals surface area (Å²) in [7, 11) is 0. The number of nitrogens with two attached hydrogens (primary N) is 1. The number of nitrogens with zero attached hydrogens (tertiary/aromatic N) is 1. The minimum absolute atomic E-state index is 0.305. The van der Waals surface area contributed by atoms with Gasteiger partial charge in [-0.05, 0) is 30.3 Å². The van der Waals surface area contributed by atoms with Gasteiger partial charge in [0.2, 0.25) is 0 Å². The Balaban J connectivity index is 2.00. The molecule has 0 spiro atoms. The second-order valence-corrected chi connectivity index (χ2v) is 4.80. The third-order valence-electron chi connectivity index (χ3n) is 2.58. The highest BCUT2D eigenvalue weighted by molar-refractivity contribution is 7.10. The summed E-state index contributed by atoms with van der Waals surface area (Å²) in [4.78, 5) is 0. The molecule has 96 valence electrons. The zero-order chi connectivity index (χ0) is 12.6. The number of hydrogen-bond donors (Lipinski definition) is 3. The lowest BCUT2D eigenvalue weighted by molar-refractivity contribution is -0.198. The van der Waals surface area contributed by atoms with Crippen molar-refractivity contribution < 1.29 is 18.3 Å². The molecule has 4 N–H and O–H groups in total. The number of nitrogens with one attached hydrogen (secondary N) is 1. The van der Waals surface area contributed by atoms with E-state index in [9.17, 15) is 13.2 Å². The van der Waals surface area contributed by atoms with Crippen LogP contribution in [-0.2, 0) is 0 Å². The van der Waals surface area contributed by atoms with E-state index in [1.807, 2.05) is 0 Å². The first-order valence-corrected chi connectivity index (χ1v) is 5.90. The molecule has 1 heterocycles. The smallest absolute Gasteiger partial charge is 0.383 e. The zero-order valence-corrected chi connectivity index (χ0v) is 9.61. The lowest BCUT2D eigenvalue weighted by atomic mass is 10.2. The molecule has 1 saturated carbocycles. The Morgan fingerprint density at radius 1 is 1.53 bits per heavy atom. The summed E-state index contributed by atoms with van der Waals surface area (Å²) in [6.45, 7) is -0.579. The second-order valence-electron chi connectivity index (χ2n) is 4.02. The molecule has 4 nitrogen and oxygen atoms in total. The summed E-state index contributed by atoms with van der Waals surface area (Å²) >= 11 is 1.03. The van der Waals surface area contributed by atoms with Gasteiger partial charge in [-0.3, -0.25) is 0 Å². The van der Waals surface area contributed by atoms with Crippen LogP contribution in [0.3, 0.4) is 0 Å². The maximum atomic E-state index is 12.1. The number of aliphatic hydroxyl groups is 1. The Hall–Kier alpha value is -1.02. The van der Waals surface area contributed by atoms with Crippen molar-refractivity contribution in [1.82, 2.24) is 4.37 Å². The first kappa shape index (κ1) is 12.4. The van der Waals surface area contributed by atoms with Crippen molar-refractivity contribution in [3.8, 4) is 0 Å². The summed E-state index contributed by atoms with van der Waals surface area (Å²) < 4.78 is 40.2. The highest BCUT2D eigenvalue weighted by atomic mass is 32.1. The van der Waals surface area contributed by atoms with Crippen molar-refractivity contribution >= 4 is 22.4 Å². The van der Waals surface area contributed by atoms with Crippen LogP contribution in [0.4, 0.5) is 24.0 Å². The summed E-state index contributed by atoms with van der Waals surface area (Å²) in [6.07, 6.45) is -5.01. The topological polar surface area (TPSA) is 71.2 Å². The van der Waals surface area contributed by atoms with Gasteiger partial charge in [-0.2, -0.15) is 17.5 Å². The van der Waals surface area contributed by atoms with Crippen molar-refractivity contribution in [2.75, 3.05) is 17.6 Å². The quantitative estimate of drug-likeness (QED) is 0.779. The number of nitrogen functional groups attached to an aromatic ring is 1. The van der Waals surface area contributed by atoms with E-state index in [1.54, 1.807) is 0 Å². The predicted octanol–water partition coefficient (Wildman–Crippen LogP) is 1.94.